The van der Waals surface area contributed by atoms with Gasteiger partial charge in [0.2, 0.25) is 0 Å². The molecule has 2 heterocycles. The van der Waals surface area contributed by atoms with Crippen LogP contribution in [0.15, 0.2) is 113 Å². The van der Waals surface area contributed by atoms with E-state index in [9.17, 15) is 4.79 Å². The first kappa shape index (κ1) is 35.9. The Labute approximate surface area is 265 Å². The Morgan fingerprint density at radius 3 is 2.34 bits per heavy atom. The van der Waals surface area contributed by atoms with E-state index in [4.69, 9.17) is 0 Å². The van der Waals surface area contributed by atoms with Crippen LogP contribution < -0.4 is 21.5 Å². The van der Waals surface area contributed by atoms with Gasteiger partial charge < -0.3 is 25.4 Å². The Hall–Kier alpha value is -4.26. The second-order valence-electron chi connectivity index (χ2n) is 10.9. The molecule has 0 aliphatic carbocycles. The van der Waals surface area contributed by atoms with Crippen LogP contribution in [0, 0.1) is 0 Å². The van der Waals surface area contributed by atoms with Crippen LogP contribution in [-0.4, -0.2) is 40.6 Å². The zero-order valence-electron chi connectivity index (χ0n) is 27.9. The molecular formula is C37H54N6O. The van der Waals surface area contributed by atoms with Gasteiger partial charge >= 0.3 is 0 Å². The summed E-state index contributed by atoms with van der Waals surface area (Å²) in [4.78, 5) is 19.7. The number of likely N-dealkylation sites (tertiary alicyclic amines) is 1. The number of aromatic nitrogens is 2. The Kier molecular flexibility index (Phi) is 15.6. The molecule has 0 aromatic carbocycles. The van der Waals surface area contributed by atoms with Crippen LogP contribution in [0.2, 0.25) is 0 Å². The second kappa shape index (κ2) is 19.1. The summed E-state index contributed by atoms with van der Waals surface area (Å²) in [6, 6.07) is 0. The van der Waals surface area contributed by atoms with E-state index in [2.05, 4.69) is 97.6 Å². The van der Waals surface area contributed by atoms with Gasteiger partial charge in [-0.15, -0.1) is 0 Å². The van der Waals surface area contributed by atoms with Crippen LogP contribution in [0.3, 0.4) is 0 Å². The minimum atomic E-state index is -0.186. The Morgan fingerprint density at radius 2 is 1.70 bits per heavy atom. The number of allylic oxidation sites excluding steroid dienone is 11. The molecule has 0 unspecified atom stereocenters. The lowest BCUT2D eigenvalue weighted by molar-refractivity contribution is 0.292. The fraction of sp³-hybridized carbons (Fsp3) is 0.405. The smallest absolute Gasteiger partial charge is 0.293 e. The Balaban J connectivity index is 2.05. The number of anilines is 1. The molecule has 1 saturated heterocycles. The summed E-state index contributed by atoms with van der Waals surface area (Å²) in [6.45, 7) is 26.6. The molecule has 238 valence electrons. The molecule has 1 aromatic rings. The molecule has 0 amide bonds. The quantitative estimate of drug-likeness (QED) is 0.161. The number of piperidine rings is 1. The molecule has 0 spiro atoms. The third kappa shape index (κ3) is 11.4. The van der Waals surface area contributed by atoms with E-state index in [0.717, 1.165) is 60.7 Å². The highest BCUT2D eigenvalue weighted by Gasteiger charge is 2.13. The first-order valence-electron chi connectivity index (χ1n) is 15.9. The van der Waals surface area contributed by atoms with Crippen molar-refractivity contribution in [2.45, 2.75) is 66.7 Å². The van der Waals surface area contributed by atoms with Crippen molar-refractivity contribution in [2.75, 3.05) is 31.5 Å². The van der Waals surface area contributed by atoms with Crippen molar-refractivity contribution in [1.82, 2.24) is 25.1 Å². The summed E-state index contributed by atoms with van der Waals surface area (Å²) in [5.74, 6) is 0.292. The van der Waals surface area contributed by atoms with Crippen LogP contribution in [0.25, 0.3) is 5.57 Å². The zero-order valence-corrected chi connectivity index (χ0v) is 27.9. The van der Waals surface area contributed by atoms with E-state index >= 15 is 0 Å². The molecule has 7 heteroatoms. The van der Waals surface area contributed by atoms with Gasteiger partial charge in [0.1, 0.15) is 0 Å². The number of hydrogen-bond donors (Lipinski definition) is 3. The maximum Gasteiger partial charge on any atom is 0.293 e. The van der Waals surface area contributed by atoms with E-state index in [0.29, 0.717) is 23.6 Å². The van der Waals surface area contributed by atoms with Crippen molar-refractivity contribution in [3.8, 4) is 0 Å². The van der Waals surface area contributed by atoms with Gasteiger partial charge in [-0.3, -0.25) is 4.79 Å². The first-order chi connectivity index (χ1) is 21.1. The van der Waals surface area contributed by atoms with E-state index in [1.807, 2.05) is 31.2 Å². The number of nitrogens with zero attached hydrogens (tertiary/aromatic N) is 3. The fourth-order valence-corrected chi connectivity index (χ4v) is 4.68. The van der Waals surface area contributed by atoms with Crippen LogP contribution >= 0.6 is 0 Å². The maximum atomic E-state index is 12.8. The van der Waals surface area contributed by atoms with Gasteiger partial charge in [-0.1, -0.05) is 70.0 Å². The van der Waals surface area contributed by atoms with Gasteiger partial charge in [0.05, 0.1) is 5.69 Å². The van der Waals surface area contributed by atoms with Gasteiger partial charge in [0.25, 0.3) is 5.56 Å². The molecule has 1 fully saturated rings. The minimum Gasteiger partial charge on any atom is -0.389 e. The Morgan fingerprint density at radius 1 is 1.00 bits per heavy atom. The van der Waals surface area contributed by atoms with Gasteiger partial charge in [-0.25, -0.2) is 4.98 Å². The summed E-state index contributed by atoms with van der Waals surface area (Å²) in [7, 11) is 1.73. The molecule has 1 aliphatic heterocycles. The molecule has 1 aliphatic rings. The van der Waals surface area contributed by atoms with E-state index in [1.54, 1.807) is 13.2 Å². The SMILES string of the molecule is C=C(N/C(=C/C=C\C(=C)c1cn(C)c(=O)c(NC/C=C\C(=C/C)C(=C)N2CCCCC2)n1)CC)/C(C)=C/C=C(\CC)NCC. The molecule has 0 saturated carbocycles. The van der Waals surface area contributed by atoms with Crippen molar-refractivity contribution in [3.05, 3.63) is 125 Å². The summed E-state index contributed by atoms with van der Waals surface area (Å²) in [5, 5.41) is 9.98. The normalized spacial score (nSPS) is 15.2. The zero-order chi connectivity index (χ0) is 32.5. The lowest BCUT2D eigenvalue weighted by Gasteiger charge is -2.31. The monoisotopic (exact) mass is 598 g/mol. The van der Waals surface area contributed by atoms with Gasteiger partial charge in [-0.05, 0) is 81.7 Å². The largest absolute Gasteiger partial charge is 0.389 e. The minimum absolute atomic E-state index is 0.186. The molecule has 2 rings (SSSR count). The van der Waals surface area contributed by atoms with E-state index in [1.165, 1.54) is 29.5 Å². The number of rotatable bonds is 17. The lowest BCUT2D eigenvalue weighted by atomic mass is 10.1. The van der Waals surface area contributed by atoms with Crippen molar-refractivity contribution in [3.63, 3.8) is 0 Å². The topological polar surface area (TPSA) is 74.2 Å². The number of nitrogens with one attached hydrogen (secondary N) is 3. The van der Waals surface area contributed by atoms with Gasteiger partial charge in [0.15, 0.2) is 5.82 Å². The number of hydrogen-bond acceptors (Lipinski definition) is 6. The Bertz CT molecular complexity index is 1390. The third-order valence-electron chi connectivity index (χ3n) is 7.55. The van der Waals surface area contributed by atoms with Crippen molar-refractivity contribution >= 4 is 11.4 Å². The maximum absolute atomic E-state index is 12.8. The molecule has 7 nitrogen and oxygen atoms in total. The highest BCUT2D eigenvalue weighted by Crippen LogP contribution is 2.20. The predicted octanol–water partition coefficient (Wildman–Crippen LogP) is 7.51. The summed E-state index contributed by atoms with van der Waals surface area (Å²) in [6.07, 6.45) is 23.4. The average molecular weight is 599 g/mol. The summed E-state index contributed by atoms with van der Waals surface area (Å²) < 4.78 is 1.53. The van der Waals surface area contributed by atoms with E-state index < -0.39 is 0 Å². The lowest BCUT2D eigenvalue weighted by Crippen LogP contribution is -2.29. The molecular weight excluding hydrogens is 544 g/mol. The fourth-order valence-electron chi connectivity index (χ4n) is 4.68. The molecule has 1 aromatic heterocycles. The molecule has 0 radical (unpaired) electrons. The molecule has 3 N–H and O–H groups in total. The molecule has 0 atom stereocenters. The van der Waals surface area contributed by atoms with Crippen LogP contribution in [0.1, 0.15) is 72.4 Å². The standard InChI is InChI=1S/C37H54N6O/c1-10-32(31(8)43-25-15-14-16-26-43)20-18-24-39-36-37(44)42(9)27-35(41-36)29(6)19-17-21-34(12-3)40-30(7)28(5)22-23-33(11-2)38-13-4/h10,17-23,27,38,40H,6-8,11-16,24-26H2,1-5,9H3,(H,39,41)/b19-17-,20-18-,28-22+,32-10+,33-23+,34-21+. The summed E-state index contributed by atoms with van der Waals surface area (Å²) in [5.41, 5.74) is 7.45. The van der Waals surface area contributed by atoms with Crippen LogP contribution in [-0.2, 0) is 7.05 Å². The highest BCUT2D eigenvalue weighted by atomic mass is 16.1. The van der Waals surface area contributed by atoms with Crippen LogP contribution in [0.5, 0.6) is 0 Å². The van der Waals surface area contributed by atoms with Gasteiger partial charge in [-0.2, -0.15) is 0 Å². The third-order valence-corrected chi connectivity index (χ3v) is 7.55. The van der Waals surface area contributed by atoms with E-state index in [-0.39, 0.29) is 5.56 Å². The molecule has 44 heavy (non-hydrogen) atoms. The average Bonchev–Trinajstić information content (AvgIpc) is 3.03. The van der Waals surface area contributed by atoms with Gasteiger partial charge in [0, 0.05) is 62.2 Å². The predicted molar refractivity (Wildman–Crippen MR) is 190 cm³/mol. The summed E-state index contributed by atoms with van der Waals surface area (Å²) >= 11 is 0. The van der Waals surface area contributed by atoms with Crippen molar-refractivity contribution in [2.24, 2.45) is 7.05 Å². The number of aryl methyl sites for hydroxylation is 1. The highest BCUT2D eigenvalue weighted by molar-refractivity contribution is 5.70. The van der Waals surface area contributed by atoms with Crippen molar-refractivity contribution in [1.29, 1.82) is 0 Å². The van der Waals surface area contributed by atoms with Crippen LogP contribution in [0.4, 0.5) is 5.82 Å². The molecule has 0 bridgehead atoms. The first-order valence-corrected chi connectivity index (χ1v) is 15.9. The second-order valence-corrected chi connectivity index (χ2v) is 10.9. The van der Waals surface area contributed by atoms with Crippen molar-refractivity contribution < 1.29 is 0 Å².